The molecule has 0 spiro atoms. The highest BCUT2D eigenvalue weighted by Crippen LogP contribution is 2.49. The number of fused-ring (bicyclic) bond motifs is 3. The predicted molar refractivity (Wildman–Crippen MR) is 81.1 cm³/mol. The minimum atomic E-state index is -0.595. The Balaban J connectivity index is 1.57. The first-order valence-electron chi connectivity index (χ1n) is 8.22. The van der Waals surface area contributed by atoms with Gasteiger partial charge in [0.05, 0.1) is 5.92 Å². The van der Waals surface area contributed by atoms with Gasteiger partial charge < -0.3 is 10.4 Å². The number of nitrogens with one attached hydrogen (secondary N) is 1. The molecule has 112 valence electrons. The van der Waals surface area contributed by atoms with Crippen LogP contribution in [0.2, 0.25) is 0 Å². The van der Waals surface area contributed by atoms with Crippen molar-refractivity contribution in [3.8, 4) is 0 Å². The van der Waals surface area contributed by atoms with E-state index in [1.54, 1.807) is 0 Å². The molecule has 0 aliphatic heterocycles. The molecule has 0 saturated heterocycles. The lowest BCUT2D eigenvalue weighted by Gasteiger charge is -2.32. The molecule has 2 saturated carbocycles. The molecule has 1 aromatic rings. The normalized spacial score (nSPS) is 36.9. The van der Waals surface area contributed by atoms with Crippen molar-refractivity contribution >= 4 is 5.97 Å². The van der Waals surface area contributed by atoms with Gasteiger partial charge in [-0.1, -0.05) is 23.8 Å². The Kier molecular flexibility index (Phi) is 3.07. The second kappa shape index (κ2) is 4.84. The summed E-state index contributed by atoms with van der Waals surface area (Å²) in [4.78, 5) is 11.6. The summed E-state index contributed by atoms with van der Waals surface area (Å²) in [5.74, 6) is 0.216. The maximum atomic E-state index is 11.6. The van der Waals surface area contributed by atoms with Crippen LogP contribution in [-0.4, -0.2) is 17.1 Å². The van der Waals surface area contributed by atoms with Crippen LogP contribution in [0.1, 0.15) is 48.4 Å². The van der Waals surface area contributed by atoms with Gasteiger partial charge in [0, 0.05) is 12.1 Å². The lowest BCUT2D eigenvalue weighted by atomic mass is 9.84. The SMILES string of the molecule is Cc1ccc2c(c1)C(NC1C3CCC(C3)C1C(=O)O)CC2. The van der Waals surface area contributed by atoms with Crippen LogP contribution in [0, 0.1) is 24.7 Å². The van der Waals surface area contributed by atoms with E-state index in [1.165, 1.54) is 23.1 Å². The van der Waals surface area contributed by atoms with Crippen molar-refractivity contribution in [2.24, 2.45) is 17.8 Å². The summed E-state index contributed by atoms with van der Waals surface area (Å²) in [5, 5.41) is 13.3. The molecule has 1 aromatic carbocycles. The van der Waals surface area contributed by atoms with Crippen LogP contribution in [0.4, 0.5) is 0 Å². The highest BCUT2D eigenvalue weighted by Gasteiger charge is 2.51. The number of aliphatic carboxylic acids is 1. The molecule has 4 rings (SSSR count). The summed E-state index contributed by atoms with van der Waals surface area (Å²) >= 11 is 0. The summed E-state index contributed by atoms with van der Waals surface area (Å²) in [6.45, 7) is 2.13. The minimum Gasteiger partial charge on any atom is -0.481 e. The van der Waals surface area contributed by atoms with Crippen LogP contribution in [0.15, 0.2) is 18.2 Å². The third kappa shape index (κ3) is 2.10. The van der Waals surface area contributed by atoms with Gasteiger partial charge in [-0.2, -0.15) is 0 Å². The van der Waals surface area contributed by atoms with Gasteiger partial charge in [0.1, 0.15) is 0 Å². The number of rotatable bonds is 3. The number of carboxylic acids is 1. The van der Waals surface area contributed by atoms with Crippen molar-refractivity contribution in [3.05, 3.63) is 34.9 Å². The van der Waals surface area contributed by atoms with Crippen LogP contribution < -0.4 is 5.32 Å². The Bertz CT molecular complexity index is 583. The van der Waals surface area contributed by atoms with E-state index in [4.69, 9.17) is 0 Å². The van der Waals surface area contributed by atoms with E-state index < -0.39 is 5.97 Å². The average Bonchev–Trinajstić information content (AvgIpc) is 3.13. The summed E-state index contributed by atoms with van der Waals surface area (Å²) in [5.41, 5.74) is 4.14. The molecule has 0 aromatic heterocycles. The van der Waals surface area contributed by atoms with E-state index in [0.717, 1.165) is 25.7 Å². The van der Waals surface area contributed by atoms with E-state index in [2.05, 4.69) is 30.4 Å². The molecule has 0 amide bonds. The molecule has 0 heterocycles. The first-order valence-corrected chi connectivity index (χ1v) is 8.22. The summed E-state index contributed by atoms with van der Waals surface area (Å²) in [7, 11) is 0. The van der Waals surface area contributed by atoms with Crippen LogP contribution in [-0.2, 0) is 11.2 Å². The molecule has 2 fully saturated rings. The molecule has 2 N–H and O–H groups in total. The van der Waals surface area contributed by atoms with Gasteiger partial charge >= 0.3 is 5.97 Å². The summed E-state index contributed by atoms with van der Waals surface area (Å²) < 4.78 is 0. The molecule has 2 bridgehead atoms. The van der Waals surface area contributed by atoms with Crippen molar-refractivity contribution in [1.29, 1.82) is 0 Å². The number of benzene rings is 1. The third-order valence-electron chi connectivity index (χ3n) is 5.97. The highest BCUT2D eigenvalue weighted by molar-refractivity contribution is 5.72. The third-order valence-corrected chi connectivity index (χ3v) is 5.97. The maximum Gasteiger partial charge on any atom is 0.308 e. The second-order valence-corrected chi connectivity index (χ2v) is 7.18. The number of hydrogen-bond donors (Lipinski definition) is 2. The number of carbonyl (C=O) groups is 1. The minimum absolute atomic E-state index is 0.169. The zero-order chi connectivity index (χ0) is 14.6. The Morgan fingerprint density at radius 2 is 2.05 bits per heavy atom. The topological polar surface area (TPSA) is 49.3 Å². The first kappa shape index (κ1) is 13.3. The molecule has 21 heavy (non-hydrogen) atoms. The zero-order valence-electron chi connectivity index (χ0n) is 12.5. The van der Waals surface area contributed by atoms with Crippen molar-refractivity contribution in [2.75, 3.05) is 0 Å². The molecule has 3 heteroatoms. The number of carboxylic acid groups (broad SMARTS) is 1. The van der Waals surface area contributed by atoms with Crippen molar-refractivity contribution in [1.82, 2.24) is 5.32 Å². The number of aryl methyl sites for hydroxylation is 2. The fourth-order valence-electron chi connectivity index (χ4n) is 5.01. The monoisotopic (exact) mass is 285 g/mol. The highest BCUT2D eigenvalue weighted by atomic mass is 16.4. The largest absolute Gasteiger partial charge is 0.481 e. The molecule has 5 unspecified atom stereocenters. The van der Waals surface area contributed by atoms with Crippen molar-refractivity contribution < 1.29 is 9.90 Å². The molecular weight excluding hydrogens is 262 g/mol. The Hall–Kier alpha value is -1.35. The molecule has 5 atom stereocenters. The summed E-state index contributed by atoms with van der Waals surface area (Å²) in [6.07, 6.45) is 5.66. The maximum absolute atomic E-state index is 11.6. The fourth-order valence-corrected chi connectivity index (χ4v) is 5.01. The van der Waals surface area contributed by atoms with Gasteiger partial charge in [-0.15, -0.1) is 0 Å². The van der Waals surface area contributed by atoms with Crippen LogP contribution in [0.25, 0.3) is 0 Å². The quantitative estimate of drug-likeness (QED) is 0.897. The van der Waals surface area contributed by atoms with Crippen molar-refractivity contribution in [3.63, 3.8) is 0 Å². The van der Waals surface area contributed by atoms with Gasteiger partial charge in [-0.3, -0.25) is 4.79 Å². The smallest absolute Gasteiger partial charge is 0.308 e. The average molecular weight is 285 g/mol. The lowest BCUT2D eigenvalue weighted by molar-refractivity contribution is -0.144. The van der Waals surface area contributed by atoms with Crippen LogP contribution in [0.5, 0.6) is 0 Å². The van der Waals surface area contributed by atoms with E-state index >= 15 is 0 Å². The van der Waals surface area contributed by atoms with E-state index in [-0.39, 0.29) is 12.0 Å². The number of hydrogen-bond acceptors (Lipinski definition) is 2. The van der Waals surface area contributed by atoms with E-state index in [1.807, 2.05) is 0 Å². The predicted octanol–water partition coefficient (Wildman–Crippen LogP) is 3.07. The van der Waals surface area contributed by atoms with Gasteiger partial charge in [-0.25, -0.2) is 0 Å². The molecular formula is C18H23NO2. The molecule has 3 aliphatic carbocycles. The van der Waals surface area contributed by atoms with Gasteiger partial charge in [0.2, 0.25) is 0 Å². The zero-order valence-corrected chi connectivity index (χ0v) is 12.5. The van der Waals surface area contributed by atoms with Gasteiger partial charge in [0.25, 0.3) is 0 Å². The molecule has 3 nitrogen and oxygen atoms in total. The molecule has 3 aliphatic rings. The summed E-state index contributed by atoms with van der Waals surface area (Å²) in [6, 6.07) is 7.23. The standard InChI is InChI=1S/C18H23NO2/c1-10-2-3-11-6-7-15(14(11)8-10)19-17-13-5-4-12(9-13)16(17)18(20)21/h2-3,8,12-13,15-17,19H,4-7,9H2,1H3,(H,20,21). The van der Waals surface area contributed by atoms with Crippen molar-refractivity contribution in [2.45, 2.75) is 51.1 Å². The Morgan fingerprint density at radius 3 is 2.86 bits per heavy atom. The Morgan fingerprint density at radius 1 is 1.24 bits per heavy atom. The van der Waals surface area contributed by atoms with Gasteiger partial charge in [-0.05, 0) is 62.0 Å². The molecule has 0 radical (unpaired) electrons. The fraction of sp³-hybridized carbons (Fsp3) is 0.611. The van der Waals surface area contributed by atoms with Gasteiger partial charge in [0.15, 0.2) is 0 Å². The lowest BCUT2D eigenvalue weighted by Crippen LogP contribution is -2.45. The van der Waals surface area contributed by atoms with E-state index in [9.17, 15) is 9.90 Å². The van der Waals surface area contributed by atoms with Crippen LogP contribution >= 0.6 is 0 Å². The second-order valence-electron chi connectivity index (χ2n) is 7.18. The van der Waals surface area contributed by atoms with E-state index in [0.29, 0.717) is 17.9 Å². The van der Waals surface area contributed by atoms with Crippen LogP contribution in [0.3, 0.4) is 0 Å². The first-order chi connectivity index (χ1) is 10.1. The Labute approximate surface area is 125 Å².